The molecule has 0 saturated heterocycles. The maximum absolute atomic E-state index is 11.7. The SMILES string of the molecule is NC(=O)C(CCCCCC(=O)NO)c1ccc(C2CC2N)cc1. The third-order valence-corrected chi connectivity index (χ3v) is 4.47. The Bertz CT molecular complexity index is 545. The highest BCUT2D eigenvalue weighted by atomic mass is 16.5. The Labute approximate surface area is 136 Å². The standard InChI is InChI=1S/C17H25N3O3/c18-15-10-14(15)12-8-6-11(7-9-12)13(17(19)22)4-2-1-3-5-16(21)20-23/h6-9,13-15,23H,1-5,10,18H2,(H2,19,22)(H,20,21). The second kappa shape index (κ2) is 8.08. The first-order valence-corrected chi connectivity index (χ1v) is 8.10. The first kappa shape index (κ1) is 17.4. The summed E-state index contributed by atoms with van der Waals surface area (Å²) in [4.78, 5) is 22.6. The molecule has 3 unspecified atom stereocenters. The number of amides is 2. The van der Waals surface area contributed by atoms with Crippen LogP contribution in [0.1, 0.15) is 61.5 Å². The van der Waals surface area contributed by atoms with Gasteiger partial charge in [-0.2, -0.15) is 0 Å². The molecule has 126 valence electrons. The Kier molecular flexibility index (Phi) is 6.12. The lowest BCUT2D eigenvalue weighted by Crippen LogP contribution is -2.21. The molecule has 0 radical (unpaired) electrons. The van der Waals surface area contributed by atoms with Crippen LogP contribution in [-0.4, -0.2) is 23.1 Å². The average Bonchev–Trinajstić information content (AvgIpc) is 3.27. The number of benzene rings is 1. The normalized spacial score (nSPS) is 20.8. The zero-order valence-electron chi connectivity index (χ0n) is 13.2. The van der Waals surface area contributed by atoms with E-state index in [9.17, 15) is 9.59 Å². The van der Waals surface area contributed by atoms with E-state index in [1.165, 1.54) is 5.56 Å². The molecule has 1 aliphatic rings. The fourth-order valence-corrected chi connectivity index (χ4v) is 2.91. The minimum absolute atomic E-state index is 0.268. The molecule has 1 aliphatic carbocycles. The largest absolute Gasteiger partial charge is 0.369 e. The van der Waals surface area contributed by atoms with Crippen LogP contribution in [0.5, 0.6) is 0 Å². The molecule has 2 amide bonds. The molecule has 6 heteroatoms. The van der Waals surface area contributed by atoms with Gasteiger partial charge in [0.25, 0.3) is 0 Å². The van der Waals surface area contributed by atoms with Crippen LogP contribution >= 0.6 is 0 Å². The van der Waals surface area contributed by atoms with Crippen LogP contribution in [0.2, 0.25) is 0 Å². The Hall–Kier alpha value is -1.92. The summed E-state index contributed by atoms with van der Waals surface area (Å²) in [5.41, 5.74) is 15.1. The molecule has 0 aromatic heterocycles. The van der Waals surface area contributed by atoms with Crippen molar-refractivity contribution < 1.29 is 14.8 Å². The van der Waals surface area contributed by atoms with Gasteiger partial charge in [0.1, 0.15) is 0 Å². The summed E-state index contributed by atoms with van der Waals surface area (Å²) in [6, 6.07) is 8.27. The van der Waals surface area contributed by atoms with E-state index in [-0.39, 0.29) is 30.2 Å². The number of nitrogens with two attached hydrogens (primary N) is 2. The van der Waals surface area contributed by atoms with Crippen molar-refractivity contribution in [2.24, 2.45) is 11.5 Å². The van der Waals surface area contributed by atoms with Crippen molar-refractivity contribution in [2.75, 3.05) is 0 Å². The van der Waals surface area contributed by atoms with Gasteiger partial charge in [0.2, 0.25) is 11.8 Å². The maximum Gasteiger partial charge on any atom is 0.243 e. The molecule has 2 rings (SSSR count). The lowest BCUT2D eigenvalue weighted by molar-refractivity contribution is -0.129. The van der Waals surface area contributed by atoms with Gasteiger partial charge in [-0.15, -0.1) is 0 Å². The maximum atomic E-state index is 11.7. The summed E-state index contributed by atoms with van der Waals surface area (Å²) in [6.07, 6.45) is 4.27. The number of unbranched alkanes of at least 4 members (excludes halogenated alkanes) is 2. The molecule has 0 bridgehead atoms. The summed E-state index contributed by atoms with van der Waals surface area (Å²) in [5.74, 6) is -0.559. The molecule has 6 nitrogen and oxygen atoms in total. The number of carbonyl (C=O) groups is 2. The second-order valence-corrected chi connectivity index (χ2v) is 6.26. The van der Waals surface area contributed by atoms with E-state index in [4.69, 9.17) is 16.7 Å². The smallest absolute Gasteiger partial charge is 0.243 e. The number of hydroxylamine groups is 1. The van der Waals surface area contributed by atoms with Gasteiger partial charge in [-0.25, -0.2) is 5.48 Å². The number of nitrogens with one attached hydrogen (secondary N) is 1. The number of carbonyl (C=O) groups excluding carboxylic acids is 2. The molecule has 1 aromatic carbocycles. The number of hydrogen-bond donors (Lipinski definition) is 4. The van der Waals surface area contributed by atoms with Crippen molar-refractivity contribution in [2.45, 2.75) is 56.4 Å². The fraction of sp³-hybridized carbons (Fsp3) is 0.529. The summed E-state index contributed by atoms with van der Waals surface area (Å²) in [6.45, 7) is 0. The van der Waals surface area contributed by atoms with Gasteiger partial charge in [-0.3, -0.25) is 14.8 Å². The Morgan fingerprint density at radius 3 is 2.39 bits per heavy atom. The third-order valence-electron chi connectivity index (χ3n) is 4.47. The van der Waals surface area contributed by atoms with E-state index < -0.39 is 0 Å². The molecular formula is C17H25N3O3. The van der Waals surface area contributed by atoms with E-state index in [1.807, 2.05) is 24.3 Å². The zero-order chi connectivity index (χ0) is 16.8. The van der Waals surface area contributed by atoms with Gasteiger partial charge in [-0.1, -0.05) is 37.1 Å². The second-order valence-electron chi connectivity index (χ2n) is 6.26. The van der Waals surface area contributed by atoms with Crippen LogP contribution in [0, 0.1) is 0 Å². The van der Waals surface area contributed by atoms with Crippen LogP contribution in [0.3, 0.4) is 0 Å². The Morgan fingerprint density at radius 2 is 1.87 bits per heavy atom. The van der Waals surface area contributed by atoms with Crippen LogP contribution in [0.4, 0.5) is 0 Å². The van der Waals surface area contributed by atoms with Gasteiger partial charge in [0, 0.05) is 18.4 Å². The summed E-state index contributed by atoms with van der Waals surface area (Å²) in [7, 11) is 0. The molecule has 1 saturated carbocycles. The minimum atomic E-state index is -0.384. The molecular weight excluding hydrogens is 294 g/mol. The first-order valence-electron chi connectivity index (χ1n) is 8.10. The van der Waals surface area contributed by atoms with Crippen molar-refractivity contribution in [1.29, 1.82) is 0 Å². The molecule has 6 N–H and O–H groups in total. The number of primary amides is 1. The minimum Gasteiger partial charge on any atom is -0.369 e. The van der Waals surface area contributed by atoms with E-state index in [0.717, 1.165) is 24.8 Å². The molecule has 1 aromatic rings. The zero-order valence-corrected chi connectivity index (χ0v) is 13.2. The quantitative estimate of drug-likeness (QED) is 0.313. The average molecular weight is 319 g/mol. The summed E-state index contributed by atoms with van der Waals surface area (Å²) >= 11 is 0. The van der Waals surface area contributed by atoms with Crippen molar-refractivity contribution in [3.8, 4) is 0 Å². The number of hydrogen-bond acceptors (Lipinski definition) is 4. The number of rotatable bonds is 9. The van der Waals surface area contributed by atoms with Crippen molar-refractivity contribution in [3.63, 3.8) is 0 Å². The molecule has 3 atom stereocenters. The first-order chi connectivity index (χ1) is 11.0. The molecule has 23 heavy (non-hydrogen) atoms. The lowest BCUT2D eigenvalue weighted by atomic mass is 9.91. The topological polar surface area (TPSA) is 118 Å². The molecule has 0 heterocycles. The van der Waals surface area contributed by atoms with Crippen molar-refractivity contribution in [1.82, 2.24) is 5.48 Å². The lowest BCUT2D eigenvalue weighted by Gasteiger charge is -2.14. The van der Waals surface area contributed by atoms with Crippen LogP contribution in [0.15, 0.2) is 24.3 Å². The summed E-state index contributed by atoms with van der Waals surface area (Å²) < 4.78 is 0. The highest BCUT2D eigenvalue weighted by Crippen LogP contribution is 2.39. The predicted octanol–water partition coefficient (Wildman–Crippen LogP) is 1.53. The molecule has 0 spiro atoms. The van der Waals surface area contributed by atoms with E-state index in [0.29, 0.717) is 18.8 Å². The Morgan fingerprint density at radius 1 is 1.22 bits per heavy atom. The van der Waals surface area contributed by atoms with Gasteiger partial charge < -0.3 is 11.5 Å². The van der Waals surface area contributed by atoms with Gasteiger partial charge >= 0.3 is 0 Å². The highest BCUT2D eigenvalue weighted by Gasteiger charge is 2.34. The monoisotopic (exact) mass is 319 g/mol. The van der Waals surface area contributed by atoms with Gasteiger partial charge in [-0.05, 0) is 30.4 Å². The molecule has 1 fully saturated rings. The third kappa shape index (κ3) is 5.04. The van der Waals surface area contributed by atoms with Crippen LogP contribution in [0.25, 0.3) is 0 Å². The van der Waals surface area contributed by atoms with Crippen molar-refractivity contribution >= 4 is 11.8 Å². The fourth-order valence-electron chi connectivity index (χ4n) is 2.91. The van der Waals surface area contributed by atoms with Crippen LogP contribution in [-0.2, 0) is 9.59 Å². The van der Waals surface area contributed by atoms with Gasteiger partial charge in [0.05, 0.1) is 5.92 Å². The molecule has 0 aliphatic heterocycles. The summed E-state index contributed by atoms with van der Waals surface area (Å²) in [5, 5.41) is 8.41. The van der Waals surface area contributed by atoms with Crippen molar-refractivity contribution in [3.05, 3.63) is 35.4 Å². The van der Waals surface area contributed by atoms with E-state index >= 15 is 0 Å². The van der Waals surface area contributed by atoms with E-state index in [1.54, 1.807) is 5.48 Å². The Balaban J connectivity index is 1.83. The predicted molar refractivity (Wildman–Crippen MR) is 86.7 cm³/mol. The van der Waals surface area contributed by atoms with E-state index in [2.05, 4.69) is 0 Å². The van der Waals surface area contributed by atoms with Crippen LogP contribution < -0.4 is 16.9 Å². The highest BCUT2D eigenvalue weighted by molar-refractivity contribution is 5.81. The van der Waals surface area contributed by atoms with Gasteiger partial charge in [0.15, 0.2) is 0 Å².